The Morgan fingerprint density at radius 3 is 2.82 bits per heavy atom. The van der Waals surface area contributed by atoms with Gasteiger partial charge in [-0.2, -0.15) is 0 Å². The molecule has 2 heterocycles. The molecule has 2 heteroatoms. The maximum Gasteiger partial charge on any atom is 0.0923 e. The number of allylic oxidation sites excluding steroid dienone is 1. The molecule has 3 rings (SSSR count). The molecule has 0 N–H and O–H groups in total. The van der Waals surface area contributed by atoms with Gasteiger partial charge in [-0.1, -0.05) is 25.5 Å². The highest BCUT2D eigenvalue weighted by Crippen LogP contribution is 2.52. The molecule has 0 saturated carbocycles. The molecule has 4 unspecified atom stereocenters. The molecular formula is C15H24O2. The fraction of sp³-hybridized carbons (Fsp3) is 0.867. The van der Waals surface area contributed by atoms with Crippen LogP contribution in [0.2, 0.25) is 0 Å². The maximum atomic E-state index is 5.93. The van der Waals surface area contributed by atoms with Crippen LogP contribution in [-0.2, 0) is 9.47 Å². The number of rotatable bonds is 0. The van der Waals surface area contributed by atoms with E-state index in [1.807, 2.05) is 0 Å². The quantitative estimate of drug-likeness (QED) is 0.475. The van der Waals surface area contributed by atoms with Crippen molar-refractivity contribution in [3.8, 4) is 0 Å². The fourth-order valence-corrected chi connectivity index (χ4v) is 3.35. The first-order valence-corrected chi connectivity index (χ1v) is 6.90. The summed E-state index contributed by atoms with van der Waals surface area (Å²) in [6, 6.07) is 0. The smallest absolute Gasteiger partial charge is 0.0923 e. The molecule has 4 atom stereocenters. The Balaban J connectivity index is 1.77. The Morgan fingerprint density at radius 1 is 1.29 bits per heavy atom. The Kier molecular flexibility index (Phi) is 2.47. The van der Waals surface area contributed by atoms with Crippen LogP contribution >= 0.6 is 0 Å². The van der Waals surface area contributed by atoms with E-state index in [-0.39, 0.29) is 11.0 Å². The number of hydrogen-bond acceptors (Lipinski definition) is 2. The molecule has 96 valence electrons. The minimum Gasteiger partial charge on any atom is -0.369 e. The summed E-state index contributed by atoms with van der Waals surface area (Å²) < 4.78 is 11.8. The van der Waals surface area contributed by atoms with E-state index in [4.69, 9.17) is 9.47 Å². The van der Waals surface area contributed by atoms with Crippen LogP contribution in [0.5, 0.6) is 0 Å². The molecule has 0 aromatic rings. The van der Waals surface area contributed by atoms with Crippen LogP contribution in [0.1, 0.15) is 53.4 Å². The zero-order valence-electron chi connectivity index (χ0n) is 11.5. The van der Waals surface area contributed by atoms with Crippen LogP contribution in [0.4, 0.5) is 0 Å². The van der Waals surface area contributed by atoms with E-state index in [1.165, 1.54) is 12.0 Å². The zero-order chi connectivity index (χ0) is 12.3. The van der Waals surface area contributed by atoms with Gasteiger partial charge in [-0.05, 0) is 44.9 Å². The number of ether oxygens (including phenoxy) is 2. The van der Waals surface area contributed by atoms with E-state index in [1.54, 1.807) is 0 Å². The van der Waals surface area contributed by atoms with E-state index in [9.17, 15) is 0 Å². The van der Waals surface area contributed by atoms with Crippen molar-refractivity contribution in [2.75, 3.05) is 0 Å². The van der Waals surface area contributed by atoms with Crippen molar-refractivity contribution in [3.63, 3.8) is 0 Å². The molecule has 1 aliphatic carbocycles. The van der Waals surface area contributed by atoms with Gasteiger partial charge in [-0.25, -0.2) is 0 Å². The predicted molar refractivity (Wildman–Crippen MR) is 67.9 cm³/mol. The van der Waals surface area contributed by atoms with E-state index < -0.39 is 0 Å². The van der Waals surface area contributed by atoms with Gasteiger partial charge in [-0.3, -0.25) is 0 Å². The highest BCUT2D eigenvalue weighted by atomic mass is 16.6. The Morgan fingerprint density at radius 2 is 2.06 bits per heavy atom. The largest absolute Gasteiger partial charge is 0.369 e. The zero-order valence-corrected chi connectivity index (χ0v) is 11.5. The molecule has 17 heavy (non-hydrogen) atoms. The average Bonchev–Trinajstić information content (AvgIpc) is 3.05. The maximum absolute atomic E-state index is 5.93. The van der Waals surface area contributed by atoms with Crippen molar-refractivity contribution < 1.29 is 9.47 Å². The molecule has 2 saturated heterocycles. The van der Waals surface area contributed by atoms with Crippen LogP contribution in [0.15, 0.2) is 11.6 Å². The molecule has 2 nitrogen and oxygen atoms in total. The lowest BCUT2D eigenvalue weighted by atomic mass is 9.80. The van der Waals surface area contributed by atoms with Gasteiger partial charge in [0, 0.05) is 0 Å². The molecule has 2 fully saturated rings. The molecule has 0 aromatic carbocycles. The van der Waals surface area contributed by atoms with E-state index in [0.29, 0.717) is 18.3 Å². The van der Waals surface area contributed by atoms with E-state index >= 15 is 0 Å². The van der Waals surface area contributed by atoms with Gasteiger partial charge < -0.3 is 9.47 Å². The van der Waals surface area contributed by atoms with Crippen LogP contribution in [0.3, 0.4) is 0 Å². The summed E-state index contributed by atoms with van der Waals surface area (Å²) in [5.74, 6) is 0. The lowest BCUT2D eigenvalue weighted by Gasteiger charge is -2.22. The highest BCUT2D eigenvalue weighted by molar-refractivity contribution is 5.12. The van der Waals surface area contributed by atoms with Crippen LogP contribution < -0.4 is 0 Å². The molecule has 3 aliphatic rings. The summed E-state index contributed by atoms with van der Waals surface area (Å²) in [6.07, 6.45) is 8.31. The van der Waals surface area contributed by atoms with Crippen molar-refractivity contribution in [2.45, 2.75) is 77.3 Å². The third-order valence-corrected chi connectivity index (χ3v) is 4.76. The second-order valence-corrected chi connectivity index (χ2v) is 7.00. The summed E-state index contributed by atoms with van der Waals surface area (Å²) in [5, 5.41) is 0. The summed E-state index contributed by atoms with van der Waals surface area (Å²) >= 11 is 0. The van der Waals surface area contributed by atoms with Crippen molar-refractivity contribution in [1.29, 1.82) is 0 Å². The van der Waals surface area contributed by atoms with Gasteiger partial charge in [0.2, 0.25) is 0 Å². The Bertz CT molecular complexity index is 358. The molecule has 0 amide bonds. The number of epoxide rings is 2. The standard InChI is InChI=1S/C15H24O2/c1-10-6-5-7-15(4)12(17-15)9-14(2,3)13-11(8-10)16-13/h6,11-13H,5,7-9H2,1-4H3/b10-6+. The first kappa shape index (κ1) is 11.7. The Labute approximate surface area is 104 Å². The minimum atomic E-state index is 0.142. The number of fused-ring (bicyclic) bond motifs is 2. The summed E-state index contributed by atoms with van der Waals surface area (Å²) in [5.41, 5.74) is 1.89. The summed E-state index contributed by atoms with van der Waals surface area (Å²) in [7, 11) is 0. The second-order valence-electron chi connectivity index (χ2n) is 7.00. The summed E-state index contributed by atoms with van der Waals surface area (Å²) in [4.78, 5) is 0. The van der Waals surface area contributed by atoms with Crippen molar-refractivity contribution in [3.05, 3.63) is 11.6 Å². The third-order valence-electron chi connectivity index (χ3n) is 4.76. The predicted octanol–water partition coefficient (Wildman–Crippen LogP) is 3.46. The van der Waals surface area contributed by atoms with Crippen LogP contribution in [-0.4, -0.2) is 23.9 Å². The topological polar surface area (TPSA) is 25.1 Å². The van der Waals surface area contributed by atoms with Gasteiger partial charge in [0.05, 0.1) is 23.9 Å². The second kappa shape index (κ2) is 3.58. The third kappa shape index (κ3) is 2.17. The molecular weight excluding hydrogens is 212 g/mol. The lowest BCUT2D eigenvalue weighted by Crippen LogP contribution is -2.25. The number of hydrogen-bond donors (Lipinski definition) is 0. The van der Waals surface area contributed by atoms with Crippen molar-refractivity contribution in [2.24, 2.45) is 5.41 Å². The first-order valence-electron chi connectivity index (χ1n) is 6.90. The highest BCUT2D eigenvalue weighted by Gasteiger charge is 2.57. The summed E-state index contributed by atoms with van der Waals surface area (Å²) in [6.45, 7) is 9.16. The van der Waals surface area contributed by atoms with Gasteiger partial charge in [0.15, 0.2) is 0 Å². The molecule has 0 radical (unpaired) electrons. The van der Waals surface area contributed by atoms with Crippen LogP contribution in [0, 0.1) is 5.41 Å². The SMILES string of the molecule is C/C1=C\CCC2(C)OC2CC(C)(C)C2OC2C1. The van der Waals surface area contributed by atoms with Crippen LogP contribution in [0.25, 0.3) is 0 Å². The average molecular weight is 236 g/mol. The molecule has 0 spiro atoms. The van der Waals surface area contributed by atoms with Gasteiger partial charge in [0.1, 0.15) is 0 Å². The monoisotopic (exact) mass is 236 g/mol. The van der Waals surface area contributed by atoms with E-state index in [2.05, 4.69) is 33.8 Å². The fourth-order valence-electron chi connectivity index (χ4n) is 3.35. The molecule has 0 aromatic heterocycles. The van der Waals surface area contributed by atoms with Gasteiger partial charge >= 0.3 is 0 Å². The van der Waals surface area contributed by atoms with E-state index in [0.717, 1.165) is 19.3 Å². The minimum absolute atomic E-state index is 0.142. The van der Waals surface area contributed by atoms with Gasteiger partial charge in [0.25, 0.3) is 0 Å². The van der Waals surface area contributed by atoms with Crippen molar-refractivity contribution >= 4 is 0 Å². The van der Waals surface area contributed by atoms with Gasteiger partial charge in [-0.15, -0.1) is 0 Å². The molecule has 0 bridgehead atoms. The van der Waals surface area contributed by atoms with Crippen molar-refractivity contribution in [1.82, 2.24) is 0 Å². The molecule has 2 aliphatic heterocycles. The Hall–Kier alpha value is -0.340. The lowest BCUT2D eigenvalue weighted by molar-refractivity contribution is 0.202. The first-order chi connectivity index (χ1) is 7.91. The normalized spacial score (nSPS) is 51.3.